The molecule has 1 atom stereocenters. The summed E-state index contributed by atoms with van der Waals surface area (Å²) in [6.07, 6.45) is -0.437. The second kappa shape index (κ2) is 7.46. The molecular formula is C20H21N3O4S. The van der Waals surface area contributed by atoms with Gasteiger partial charge in [0.25, 0.3) is 0 Å². The third-order valence-corrected chi connectivity index (χ3v) is 6.68. The van der Waals surface area contributed by atoms with E-state index in [1.54, 1.807) is 30.3 Å². The summed E-state index contributed by atoms with van der Waals surface area (Å²) >= 11 is 0. The number of aromatic nitrogens is 2. The molecule has 0 spiro atoms. The van der Waals surface area contributed by atoms with Gasteiger partial charge in [-0.3, -0.25) is 0 Å². The smallest absolute Gasteiger partial charge is 0.243 e. The van der Waals surface area contributed by atoms with Gasteiger partial charge in [0.15, 0.2) is 0 Å². The van der Waals surface area contributed by atoms with Crippen LogP contribution in [0, 0.1) is 13.8 Å². The molecule has 1 aliphatic heterocycles. The molecule has 0 unspecified atom stereocenters. The van der Waals surface area contributed by atoms with Crippen LogP contribution in [0.3, 0.4) is 0 Å². The number of sulfonamides is 1. The van der Waals surface area contributed by atoms with Gasteiger partial charge in [-0.15, -0.1) is 0 Å². The Kier molecular flexibility index (Phi) is 5.01. The Morgan fingerprint density at radius 1 is 1.07 bits per heavy atom. The Morgan fingerprint density at radius 2 is 1.86 bits per heavy atom. The molecule has 0 N–H and O–H groups in total. The number of hydrogen-bond donors (Lipinski definition) is 0. The van der Waals surface area contributed by atoms with Gasteiger partial charge in [0, 0.05) is 13.1 Å². The standard InChI is InChI=1S/C20H21N3O4S/c1-14-20(15(2)27-22-14)18-10-6-9-17(21-18)19-13-23(11-12-26-19)28(24,25)16-7-4-3-5-8-16/h3-10,19H,11-13H2,1-2H3/t19-/m0/s1. The Hall–Kier alpha value is -2.55. The molecule has 1 saturated heterocycles. The minimum atomic E-state index is -3.57. The Labute approximate surface area is 164 Å². The summed E-state index contributed by atoms with van der Waals surface area (Å²) in [7, 11) is -3.57. The lowest BCUT2D eigenvalue weighted by molar-refractivity contribution is -0.00487. The van der Waals surface area contributed by atoms with Gasteiger partial charge in [0.1, 0.15) is 11.9 Å². The number of morpholine rings is 1. The molecule has 7 nitrogen and oxygen atoms in total. The molecule has 1 aliphatic rings. The van der Waals surface area contributed by atoms with E-state index in [4.69, 9.17) is 14.2 Å². The van der Waals surface area contributed by atoms with Crippen molar-refractivity contribution in [3.8, 4) is 11.3 Å². The van der Waals surface area contributed by atoms with Crippen LogP contribution in [0.2, 0.25) is 0 Å². The third-order valence-electron chi connectivity index (χ3n) is 4.80. The molecule has 1 fully saturated rings. The van der Waals surface area contributed by atoms with Gasteiger partial charge in [0.2, 0.25) is 10.0 Å². The second-order valence-electron chi connectivity index (χ2n) is 6.68. The number of ether oxygens (including phenoxy) is 1. The fraction of sp³-hybridized carbons (Fsp3) is 0.300. The molecule has 3 aromatic rings. The second-order valence-corrected chi connectivity index (χ2v) is 8.62. The van der Waals surface area contributed by atoms with E-state index in [1.807, 2.05) is 32.0 Å². The average Bonchev–Trinajstić information content (AvgIpc) is 3.07. The number of nitrogens with zero attached hydrogens (tertiary/aromatic N) is 3. The number of hydrogen-bond acceptors (Lipinski definition) is 6. The maximum Gasteiger partial charge on any atom is 0.243 e. The minimum Gasteiger partial charge on any atom is -0.369 e. The van der Waals surface area contributed by atoms with E-state index >= 15 is 0 Å². The zero-order chi connectivity index (χ0) is 19.7. The van der Waals surface area contributed by atoms with Gasteiger partial charge in [-0.25, -0.2) is 13.4 Å². The van der Waals surface area contributed by atoms with Crippen LogP contribution in [-0.2, 0) is 14.8 Å². The Balaban J connectivity index is 1.62. The molecular weight excluding hydrogens is 378 g/mol. The highest BCUT2D eigenvalue weighted by Gasteiger charge is 2.32. The van der Waals surface area contributed by atoms with Crippen LogP contribution in [0.5, 0.6) is 0 Å². The van der Waals surface area contributed by atoms with Crippen molar-refractivity contribution >= 4 is 10.0 Å². The lowest BCUT2D eigenvalue weighted by Crippen LogP contribution is -2.42. The van der Waals surface area contributed by atoms with Crippen molar-refractivity contribution in [1.29, 1.82) is 0 Å². The minimum absolute atomic E-state index is 0.218. The number of aryl methyl sites for hydroxylation is 2. The fourth-order valence-electron chi connectivity index (χ4n) is 3.38. The first-order valence-corrected chi connectivity index (χ1v) is 10.5. The van der Waals surface area contributed by atoms with Gasteiger partial charge in [-0.2, -0.15) is 4.31 Å². The molecule has 0 amide bonds. The molecule has 1 aromatic carbocycles. The van der Waals surface area contributed by atoms with Crippen molar-refractivity contribution in [2.75, 3.05) is 19.7 Å². The van der Waals surface area contributed by atoms with E-state index in [1.165, 1.54) is 4.31 Å². The lowest BCUT2D eigenvalue weighted by atomic mass is 10.1. The molecule has 2 aromatic heterocycles. The van der Waals surface area contributed by atoms with Crippen molar-refractivity contribution < 1.29 is 17.7 Å². The highest BCUT2D eigenvalue weighted by atomic mass is 32.2. The van der Waals surface area contributed by atoms with Crippen molar-refractivity contribution in [1.82, 2.24) is 14.4 Å². The van der Waals surface area contributed by atoms with Crippen molar-refractivity contribution in [2.24, 2.45) is 0 Å². The number of pyridine rings is 1. The first-order chi connectivity index (χ1) is 13.5. The molecule has 4 rings (SSSR count). The predicted octanol–water partition coefficient (Wildman–Crippen LogP) is 3.12. The average molecular weight is 399 g/mol. The summed E-state index contributed by atoms with van der Waals surface area (Å²) in [6.45, 7) is 4.56. The zero-order valence-corrected chi connectivity index (χ0v) is 16.5. The van der Waals surface area contributed by atoms with E-state index in [0.717, 1.165) is 17.0 Å². The summed E-state index contributed by atoms with van der Waals surface area (Å²) in [6, 6.07) is 14.1. The van der Waals surface area contributed by atoms with Gasteiger partial charge < -0.3 is 9.26 Å². The summed E-state index contributed by atoms with van der Waals surface area (Å²) < 4.78 is 38.4. The predicted molar refractivity (Wildman–Crippen MR) is 103 cm³/mol. The van der Waals surface area contributed by atoms with E-state index in [-0.39, 0.29) is 11.4 Å². The van der Waals surface area contributed by atoms with Crippen LogP contribution in [0.25, 0.3) is 11.3 Å². The number of benzene rings is 1. The van der Waals surface area contributed by atoms with Crippen molar-refractivity contribution in [3.05, 3.63) is 65.7 Å². The summed E-state index contributed by atoms with van der Waals surface area (Å²) in [4.78, 5) is 4.99. The SMILES string of the molecule is Cc1noc(C)c1-c1cccc([C@@H]2CN(S(=O)(=O)c3ccccc3)CCO2)n1. The van der Waals surface area contributed by atoms with Gasteiger partial charge in [-0.05, 0) is 38.1 Å². The van der Waals surface area contributed by atoms with E-state index in [2.05, 4.69) is 5.16 Å². The van der Waals surface area contributed by atoms with Gasteiger partial charge in [0.05, 0.1) is 34.1 Å². The van der Waals surface area contributed by atoms with Crippen molar-refractivity contribution in [3.63, 3.8) is 0 Å². The maximum absolute atomic E-state index is 12.9. The Bertz CT molecular complexity index is 1060. The largest absolute Gasteiger partial charge is 0.369 e. The lowest BCUT2D eigenvalue weighted by Gasteiger charge is -2.32. The van der Waals surface area contributed by atoms with E-state index in [0.29, 0.717) is 24.6 Å². The normalized spacial score (nSPS) is 18.3. The molecule has 0 aliphatic carbocycles. The summed E-state index contributed by atoms with van der Waals surface area (Å²) in [5.41, 5.74) is 3.04. The molecule has 146 valence electrons. The molecule has 0 radical (unpaired) electrons. The van der Waals surface area contributed by atoms with Crippen LogP contribution < -0.4 is 0 Å². The van der Waals surface area contributed by atoms with Crippen LogP contribution in [0.4, 0.5) is 0 Å². The maximum atomic E-state index is 12.9. The van der Waals surface area contributed by atoms with Crippen LogP contribution in [-0.4, -0.2) is 42.6 Å². The fourth-order valence-corrected chi connectivity index (χ4v) is 4.83. The monoisotopic (exact) mass is 399 g/mol. The van der Waals surface area contributed by atoms with E-state index in [9.17, 15) is 8.42 Å². The molecule has 0 saturated carbocycles. The molecule has 8 heteroatoms. The molecule has 0 bridgehead atoms. The highest BCUT2D eigenvalue weighted by molar-refractivity contribution is 7.89. The van der Waals surface area contributed by atoms with Gasteiger partial charge in [-0.1, -0.05) is 29.4 Å². The van der Waals surface area contributed by atoms with Crippen LogP contribution in [0.15, 0.2) is 57.9 Å². The summed E-state index contributed by atoms with van der Waals surface area (Å²) in [5, 5.41) is 3.98. The molecule has 28 heavy (non-hydrogen) atoms. The summed E-state index contributed by atoms with van der Waals surface area (Å²) in [5.74, 6) is 0.694. The topological polar surface area (TPSA) is 85.5 Å². The number of rotatable bonds is 4. The van der Waals surface area contributed by atoms with Crippen LogP contribution in [0.1, 0.15) is 23.3 Å². The van der Waals surface area contributed by atoms with E-state index < -0.39 is 16.1 Å². The van der Waals surface area contributed by atoms with Crippen molar-refractivity contribution in [2.45, 2.75) is 24.8 Å². The zero-order valence-electron chi connectivity index (χ0n) is 15.7. The van der Waals surface area contributed by atoms with Gasteiger partial charge >= 0.3 is 0 Å². The molecule has 3 heterocycles. The first-order valence-electron chi connectivity index (χ1n) is 9.04. The highest BCUT2D eigenvalue weighted by Crippen LogP contribution is 2.29. The van der Waals surface area contributed by atoms with Crippen LogP contribution >= 0.6 is 0 Å². The Morgan fingerprint density at radius 3 is 2.57 bits per heavy atom. The quantitative estimate of drug-likeness (QED) is 0.670. The third kappa shape index (κ3) is 3.46. The first kappa shape index (κ1) is 18.8.